The molecule has 0 atom stereocenters. The summed E-state index contributed by atoms with van der Waals surface area (Å²) in [5.41, 5.74) is 5.63. The first-order valence-electron chi connectivity index (χ1n) is 6.50. The third-order valence-corrected chi connectivity index (χ3v) is 3.77. The molecule has 0 amide bonds. The van der Waals surface area contributed by atoms with Crippen molar-refractivity contribution in [1.82, 2.24) is 0 Å². The number of fused-ring (bicyclic) bond motifs is 1. The van der Waals surface area contributed by atoms with E-state index in [-0.39, 0.29) is 5.78 Å². The van der Waals surface area contributed by atoms with Gasteiger partial charge in [-0.3, -0.25) is 4.79 Å². The van der Waals surface area contributed by atoms with Gasteiger partial charge in [0, 0.05) is 12.0 Å². The number of hydrogen-bond donors (Lipinski definition) is 0. The molecule has 0 heterocycles. The van der Waals surface area contributed by atoms with Crippen LogP contribution in [0.25, 0.3) is 11.1 Å². The Hall–Kier alpha value is -2.09. The summed E-state index contributed by atoms with van der Waals surface area (Å²) in [7, 11) is 1.68. The lowest BCUT2D eigenvalue weighted by Gasteiger charge is -2.09. The fourth-order valence-electron chi connectivity index (χ4n) is 2.71. The molecule has 2 aromatic rings. The summed E-state index contributed by atoms with van der Waals surface area (Å²) in [6.07, 6.45) is 1.53. The second-order valence-electron chi connectivity index (χ2n) is 4.98. The van der Waals surface area contributed by atoms with Gasteiger partial charge in [-0.15, -0.1) is 0 Å². The second-order valence-corrected chi connectivity index (χ2v) is 4.98. The Kier molecular flexibility index (Phi) is 2.86. The van der Waals surface area contributed by atoms with Gasteiger partial charge < -0.3 is 4.74 Å². The van der Waals surface area contributed by atoms with Crippen LogP contribution in [0, 0.1) is 6.92 Å². The Morgan fingerprint density at radius 2 is 1.79 bits per heavy atom. The lowest BCUT2D eigenvalue weighted by Crippen LogP contribution is -1.92. The van der Waals surface area contributed by atoms with Crippen LogP contribution in [-0.4, -0.2) is 12.9 Å². The van der Waals surface area contributed by atoms with Crippen molar-refractivity contribution in [2.45, 2.75) is 19.8 Å². The number of methoxy groups -OCH3 is 1. The van der Waals surface area contributed by atoms with Crippen LogP contribution in [0.4, 0.5) is 0 Å². The van der Waals surface area contributed by atoms with Crippen molar-refractivity contribution in [3.63, 3.8) is 0 Å². The maximum Gasteiger partial charge on any atom is 0.163 e. The number of benzene rings is 2. The molecule has 19 heavy (non-hydrogen) atoms. The fraction of sp³-hybridized carbons (Fsp3) is 0.235. The molecular formula is C17H16O2. The van der Waals surface area contributed by atoms with Gasteiger partial charge in [0.2, 0.25) is 0 Å². The molecule has 0 unspecified atom stereocenters. The summed E-state index contributed by atoms with van der Waals surface area (Å²) in [5, 5.41) is 0. The van der Waals surface area contributed by atoms with Gasteiger partial charge >= 0.3 is 0 Å². The minimum Gasteiger partial charge on any atom is -0.497 e. The molecular weight excluding hydrogens is 236 g/mol. The molecule has 0 N–H and O–H groups in total. The minimum absolute atomic E-state index is 0.271. The molecule has 0 radical (unpaired) electrons. The number of rotatable bonds is 2. The lowest BCUT2D eigenvalue weighted by molar-refractivity contribution is 0.0994. The van der Waals surface area contributed by atoms with Crippen molar-refractivity contribution < 1.29 is 9.53 Å². The van der Waals surface area contributed by atoms with E-state index < -0.39 is 0 Å². The molecule has 1 aliphatic rings. The quantitative estimate of drug-likeness (QED) is 0.812. The predicted octanol–water partition coefficient (Wildman–Crippen LogP) is 3.80. The van der Waals surface area contributed by atoms with Crippen molar-refractivity contribution in [1.29, 1.82) is 0 Å². The Bertz CT molecular complexity index is 656. The summed E-state index contributed by atoms with van der Waals surface area (Å²) in [6.45, 7) is 2.08. The highest BCUT2D eigenvalue weighted by Crippen LogP contribution is 2.31. The van der Waals surface area contributed by atoms with Gasteiger partial charge in [0.15, 0.2) is 5.78 Å². The first-order chi connectivity index (χ1) is 9.19. The number of hydrogen-bond acceptors (Lipinski definition) is 2. The molecule has 2 aromatic carbocycles. The largest absolute Gasteiger partial charge is 0.497 e. The average Bonchev–Trinajstić information content (AvgIpc) is 2.79. The second kappa shape index (κ2) is 4.54. The molecule has 2 nitrogen and oxygen atoms in total. The first-order valence-corrected chi connectivity index (χ1v) is 6.50. The van der Waals surface area contributed by atoms with Gasteiger partial charge in [-0.1, -0.05) is 24.3 Å². The molecule has 2 heteroatoms. The standard InChI is InChI=1S/C17H16O2/c1-11-9-14(19-2)5-7-15(11)12-3-6-16-13(10-12)4-8-17(16)18/h3,5-7,9-10H,4,8H2,1-2H3. The summed E-state index contributed by atoms with van der Waals surface area (Å²) < 4.78 is 5.23. The number of carbonyl (C=O) groups excluding carboxylic acids is 1. The molecule has 0 saturated heterocycles. The van der Waals surface area contributed by atoms with Crippen molar-refractivity contribution in [2.75, 3.05) is 7.11 Å². The maximum atomic E-state index is 11.6. The zero-order chi connectivity index (χ0) is 13.4. The summed E-state index contributed by atoms with van der Waals surface area (Å²) >= 11 is 0. The van der Waals surface area contributed by atoms with Crippen LogP contribution in [0.3, 0.4) is 0 Å². The number of ether oxygens (including phenoxy) is 1. The van der Waals surface area contributed by atoms with Crippen LogP contribution >= 0.6 is 0 Å². The summed E-state index contributed by atoms with van der Waals surface area (Å²) in [6, 6.07) is 12.2. The maximum absolute atomic E-state index is 11.6. The summed E-state index contributed by atoms with van der Waals surface area (Å²) in [5.74, 6) is 1.14. The Morgan fingerprint density at radius 3 is 2.53 bits per heavy atom. The van der Waals surface area contributed by atoms with Gasteiger partial charge in [0.1, 0.15) is 5.75 Å². The smallest absolute Gasteiger partial charge is 0.163 e. The van der Waals surface area contributed by atoms with Crippen molar-refractivity contribution in [3.05, 3.63) is 53.1 Å². The number of carbonyl (C=O) groups is 1. The molecule has 0 aliphatic heterocycles. The number of ketones is 1. The lowest BCUT2D eigenvalue weighted by atomic mass is 9.97. The highest BCUT2D eigenvalue weighted by Gasteiger charge is 2.19. The van der Waals surface area contributed by atoms with E-state index in [4.69, 9.17) is 4.74 Å². The molecule has 0 spiro atoms. The third-order valence-electron chi connectivity index (χ3n) is 3.77. The number of aryl methyl sites for hydroxylation is 2. The van der Waals surface area contributed by atoms with E-state index in [1.165, 1.54) is 22.3 Å². The van der Waals surface area contributed by atoms with Crippen LogP contribution in [-0.2, 0) is 6.42 Å². The molecule has 3 rings (SSSR count). The zero-order valence-electron chi connectivity index (χ0n) is 11.2. The van der Waals surface area contributed by atoms with E-state index in [9.17, 15) is 4.79 Å². The monoisotopic (exact) mass is 252 g/mol. The SMILES string of the molecule is COc1ccc(-c2ccc3c(c2)CCC3=O)c(C)c1. The van der Waals surface area contributed by atoms with Crippen LogP contribution in [0.1, 0.15) is 27.9 Å². The van der Waals surface area contributed by atoms with Gasteiger partial charge in [0.25, 0.3) is 0 Å². The third kappa shape index (κ3) is 2.03. The molecule has 0 aromatic heterocycles. The Labute approximate surface area is 113 Å². The van der Waals surface area contributed by atoms with Crippen LogP contribution in [0.5, 0.6) is 5.75 Å². The van der Waals surface area contributed by atoms with Crippen LogP contribution < -0.4 is 4.74 Å². The fourth-order valence-corrected chi connectivity index (χ4v) is 2.71. The molecule has 1 aliphatic carbocycles. The molecule has 0 saturated carbocycles. The van der Waals surface area contributed by atoms with Crippen molar-refractivity contribution >= 4 is 5.78 Å². The Balaban J connectivity index is 2.06. The molecule has 96 valence electrons. The average molecular weight is 252 g/mol. The number of Topliss-reactive ketones (excluding diaryl/α,β-unsaturated/α-hetero) is 1. The van der Waals surface area contributed by atoms with E-state index in [2.05, 4.69) is 19.1 Å². The predicted molar refractivity (Wildman–Crippen MR) is 75.8 cm³/mol. The molecule has 0 bridgehead atoms. The highest BCUT2D eigenvalue weighted by atomic mass is 16.5. The zero-order valence-corrected chi connectivity index (χ0v) is 11.2. The van der Waals surface area contributed by atoms with Gasteiger partial charge in [-0.05, 0) is 47.7 Å². The Morgan fingerprint density at radius 1 is 1.00 bits per heavy atom. The minimum atomic E-state index is 0.271. The van der Waals surface area contributed by atoms with Gasteiger partial charge in [-0.2, -0.15) is 0 Å². The van der Waals surface area contributed by atoms with E-state index in [1.807, 2.05) is 24.3 Å². The van der Waals surface area contributed by atoms with E-state index >= 15 is 0 Å². The topological polar surface area (TPSA) is 26.3 Å². The highest BCUT2D eigenvalue weighted by molar-refractivity contribution is 6.01. The molecule has 0 fully saturated rings. The van der Waals surface area contributed by atoms with Crippen LogP contribution in [0.2, 0.25) is 0 Å². The van der Waals surface area contributed by atoms with E-state index in [1.54, 1.807) is 7.11 Å². The van der Waals surface area contributed by atoms with E-state index in [0.29, 0.717) is 6.42 Å². The van der Waals surface area contributed by atoms with Crippen molar-refractivity contribution in [3.8, 4) is 16.9 Å². The normalized spacial score (nSPS) is 13.5. The van der Waals surface area contributed by atoms with Gasteiger partial charge in [0.05, 0.1) is 7.11 Å². The van der Waals surface area contributed by atoms with Crippen LogP contribution in [0.15, 0.2) is 36.4 Å². The van der Waals surface area contributed by atoms with Crippen molar-refractivity contribution in [2.24, 2.45) is 0 Å². The first kappa shape index (κ1) is 12.0. The van der Waals surface area contributed by atoms with E-state index in [0.717, 1.165) is 17.7 Å². The summed E-state index contributed by atoms with van der Waals surface area (Å²) in [4.78, 5) is 11.6. The van der Waals surface area contributed by atoms with Gasteiger partial charge in [-0.25, -0.2) is 0 Å².